The predicted molar refractivity (Wildman–Crippen MR) is 127 cm³/mol. The molecule has 2 unspecified atom stereocenters. The molecule has 2 heterocycles. The van der Waals surface area contributed by atoms with Crippen LogP contribution in [-0.4, -0.2) is 57.2 Å². The van der Waals surface area contributed by atoms with Crippen LogP contribution in [0.1, 0.15) is 41.6 Å². The molecule has 2 fully saturated rings. The first-order valence-electron chi connectivity index (χ1n) is 11.5. The van der Waals surface area contributed by atoms with Crippen molar-refractivity contribution in [2.75, 3.05) is 42.4 Å². The fourth-order valence-corrected chi connectivity index (χ4v) is 5.85. The summed E-state index contributed by atoms with van der Waals surface area (Å²) in [5.41, 5.74) is 1.93. The molecule has 2 aliphatic heterocycles. The molecule has 1 saturated heterocycles. The van der Waals surface area contributed by atoms with Crippen LogP contribution in [0.2, 0.25) is 0 Å². The van der Waals surface area contributed by atoms with Gasteiger partial charge >= 0.3 is 5.97 Å². The molecular weight excluding hydrogens is 442 g/mol. The Labute approximate surface area is 195 Å². The number of hydrogen-bond donors (Lipinski definition) is 3. The molecule has 33 heavy (non-hydrogen) atoms. The first kappa shape index (κ1) is 22.0. The van der Waals surface area contributed by atoms with Crippen LogP contribution in [0, 0.1) is 11.8 Å². The first-order chi connectivity index (χ1) is 16.0. The molecule has 0 radical (unpaired) electrons. The minimum Gasteiger partial charge on any atom is -0.492 e. The van der Waals surface area contributed by atoms with Crippen LogP contribution in [0.4, 0.5) is 17.1 Å². The lowest BCUT2D eigenvalue weighted by atomic mass is 10.00. The number of rotatable bonds is 8. The van der Waals surface area contributed by atoms with Gasteiger partial charge in [-0.05, 0) is 61.5 Å². The molecule has 2 aromatic carbocycles. The maximum absolute atomic E-state index is 12.5. The molecule has 0 spiro atoms. The van der Waals surface area contributed by atoms with Gasteiger partial charge in [-0.3, -0.25) is 0 Å². The molecule has 1 saturated carbocycles. The quantitative estimate of drug-likeness (QED) is 0.508. The van der Waals surface area contributed by atoms with E-state index in [1.165, 1.54) is 0 Å². The summed E-state index contributed by atoms with van der Waals surface area (Å²) in [6.45, 7) is 6.45. The fraction of sp³-hybridized carbons (Fsp3) is 0.458. The number of carbonyl (C=O) groups is 1. The lowest BCUT2D eigenvalue weighted by Crippen LogP contribution is -2.24. The molecule has 0 aromatic heterocycles. The first-order valence-corrected chi connectivity index (χ1v) is 12.6. The van der Waals surface area contributed by atoms with Crippen molar-refractivity contribution in [1.29, 1.82) is 0 Å². The Hall–Kier alpha value is -2.78. The van der Waals surface area contributed by atoms with Crippen LogP contribution in [0.3, 0.4) is 0 Å². The number of anilines is 3. The monoisotopic (exact) mass is 471 g/mol. The number of nitrogens with one attached hydrogen (secondary N) is 1. The highest BCUT2D eigenvalue weighted by molar-refractivity contribution is 7.74. The maximum atomic E-state index is 12.5. The Morgan fingerprint density at radius 1 is 1.24 bits per heavy atom. The lowest BCUT2D eigenvalue weighted by molar-refractivity contribution is 0.0692. The van der Waals surface area contributed by atoms with Crippen molar-refractivity contribution in [3.8, 4) is 5.75 Å². The average Bonchev–Trinajstić information content (AvgIpc) is 3.46. The van der Waals surface area contributed by atoms with Gasteiger partial charge < -0.3 is 20.1 Å². The van der Waals surface area contributed by atoms with E-state index < -0.39 is 16.9 Å². The number of nitrogens with zero attached hydrogens (tertiary/aromatic N) is 2. The zero-order valence-corrected chi connectivity index (χ0v) is 19.5. The van der Waals surface area contributed by atoms with E-state index in [1.54, 1.807) is 18.2 Å². The highest BCUT2D eigenvalue weighted by Crippen LogP contribution is 2.56. The summed E-state index contributed by atoms with van der Waals surface area (Å²) < 4.78 is 31.9. The number of hydrogen-bond acceptors (Lipinski definition) is 6. The summed E-state index contributed by atoms with van der Waals surface area (Å²) in [6, 6.07) is 10.5. The smallest absolute Gasteiger partial charge is 0.341 e. The van der Waals surface area contributed by atoms with Gasteiger partial charge in [-0.1, -0.05) is 25.1 Å². The second-order valence-electron chi connectivity index (χ2n) is 9.09. The summed E-state index contributed by atoms with van der Waals surface area (Å²) in [5.74, 6) is 0.320. The van der Waals surface area contributed by atoms with E-state index in [0.29, 0.717) is 41.5 Å². The van der Waals surface area contributed by atoms with Gasteiger partial charge in [0.05, 0.1) is 23.7 Å². The number of carboxylic acid groups (broad SMARTS) is 1. The van der Waals surface area contributed by atoms with Crippen LogP contribution in [-0.2, 0) is 10.9 Å². The third-order valence-electron chi connectivity index (χ3n) is 7.07. The molecule has 0 bridgehead atoms. The van der Waals surface area contributed by atoms with Gasteiger partial charge in [0.25, 0.3) is 0 Å². The summed E-state index contributed by atoms with van der Waals surface area (Å²) >= 11 is 0. The molecule has 2 aromatic rings. The van der Waals surface area contributed by atoms with Gasteiger partial charge in [0.2, 0.25) is 10.9 Å². The highest BCUT2D eigenvalue weighted by atomic mass is 32.2. The number of carboxylic acids is 1. The van der Waals surface area contributed by atoms with Crippen LogP contribution < -0.4 is 14.4 Å². The van der Waals surface area contributed by atoms with Crippen LogP contribution >= 0.6 is 0 Å². The molecule has 176 valence electrons. The van der Waals surface area contributed by atoms with Crippen molar-refractivity contribution in [2.24, 2.45) is 11.8 Å². The predicted octanol–water partition coefficient (Wildman–Crippen LogP) is 3.30. The number of benzene rings is 2. The van der Waals surface area contributed by atoms with Gasteiger partial charge in [0.1, 0.15) is 11.3 Å². The van der Waals surface area contributed by atoms with E-state index >= 15 is 0 Å². The molecule has 1 aliphatic carbocycles. The average molecular weight is 472 g/mol. The van der Waals surface area contributed by atoms with E-state index in [-0.39, 0.29) is 11.3 Å². The Bertz CT molecular complexity index is 1140. The molecule has 3 aliphatic rings. The van der Waals surface area contributed by atoms with Crippen molar-refractivity contribution in [2.45, 2.75) is 25.7 Å². The van der Waals surface area contributed by atoms with E-state index in [4.69, 9.17) is 4.74 Å². The van der Waals surface area contributed by atoms with Gasteiger partial charge in [-0.15, -0.1) is 0 Å². The van der Waals surface area contributed by atoms with E-state index in [9.17, 15) is 18.3 Å². The Balaban J connectivity index is 1.50. The second-order valence-corrected chi connectivity index (χ2v) is 9.97. The van der Waals surface area contributed by atoms with Gasteiger partial charge in [-0.25, -0.2) is 17.5 Å². The number of para-hydroxylation sites is 2. The van der Waals surface area contributed by atoms with E-state index in [1.807, 2.05) is 18.2 Å². The van der Waals surface area contributed by atoms with Crippen LogP contribution in [0.15, 0.2) is 36.4 Å². The molecule has 9 heteroatoms. The summed E-state index contributed by atoms with van der Waals surface area (Å²) in [6.07, 6.45) is 2.07. The number of likely N-dealkylation sites (tertiary alicyclic amines) is 1. The van der Waals surface area contributed by atoms with Crippen molar-refractivity contribution >= 4 is 33.9 Å². The zero-order chi connectivity index (χ0) is 23.1. The third kappa shape index (κ3) is 4.15. The normalized spacial score (nSPS) is 23.5. The minimum absolute atomic E-state index is 0.0961. The van der Waals surface area contributed by atoms with Gasteiger partial charge in [0.15, 0.2) is 0 Å². The SMILES string of the molecule is CCN1CC[C@H](CNc2ccccc2N(c2ccc3c(c2C(=O)O)OCC2CC32)[SH](=O)=O)C1. The number of aromatic carboxylic acids is 1. The van der Waals surface area contributed by atoms with Crippen molar-refractivity contribution in [1.82, 2.24) is 4.90 Å². The third-order valence-corrected chi connectivity index (χ3v) is 7.82. The fourth-order valence-electron chi connectivity index (χ4n) is 5.16. The molecule has 5 rings (SSSR count). The molecule has 8 nitrogen and oxygen atoms in total. The molecule has 3 atom stereocenters. The maximum Gasteiger partial charge on any atom is 0.341 e. The second kappa shape index (κ2) is 8.87. The Morgan fingerprint density at radius 3 is 2.79 bits per heavy atom. The van der Waals surface area contributed by atoms with Crippen LogP contribution in [0.25, 0.3) is 0 Å². The summed E-state index contributed by atoms with van der Waals surface area (Å²) in [4.78, 5) is 14.7. The number of ether oxygens (including phenoxy) is 1. The van der Waals surface area contributed by atoms with Crippen molar-refractivity contribution in [3.05, 3.63) is 47.5 Å². The van der Waals surface area contributed by atoms with Crippen molar-refractivity contribution < 1.29 is 23.1 Å². The van der Waals surface area contributed by atoms with E-state index in [0.717, 1.165) is 48.9 Å². The zero-order valence-electron chi connectivity index (χ0n) is 18.6. The standard InChI is InChI=1S/C24H29N3O5S/c1-2-26-10-9-15(13-26)12-25-19-5-3-4-6-20(19)27(33(30)31)21-8-7-17-18-11-16(18)14-32-23(17)22(21)24(28)29/h3-8,15-16,18,25,33H,2,9-14H2,1H3,(H,28,29)/t15-,16?,18?/m1/s1. The minimum atomic E-state index is -3.15. The summed E-state index contributed by atoms with van der Waals surface area (Å²) in [5, 5.41) is 13.5. The number of thiol groups is 1. The highest BCUT2D eigenvalue weighted by Gasteiger charge is 2.45. The van der Waals surface area contributed by atoms with Crippen LogP contribution in [0.5, 0.6) is 5.75 Å². The van der Waals surface area contributed by atoms with Gasteiger partial charge in [0, 0.05) is 19.0 Å². The number of fused-ring (bicyclic) bond motifs is 3. The van der Waals surface area contributed by atoms with Crippen molar-refractivity contribution in [3.63, 3.8) is 0 Å². The Kier molecular flexibility index (Phi) is 5.92. The topological polar surface area (TPSA) is 99.2 Å². The Morgan fingerprint density at radius 2 is 2.06 bits per heavy atom. The summed E-state index contributed by atoms with van der Waals surface area (Å²) in [7, 11) is -3.15. The lowest BCUT2D eigenvalue weighted by Gasteiger charge is -2.26. The largest absolute Gasteiger partial charge is 0.492 e. The molecule has 2 N–H and O–H groups in total. The molecular formula is C24H29N3O5S. The van der Waals surface area contributed by atoms with E-state index in [2.05, 4.69) is 17.1 Å². The van der Waals surface area contributed by atoms with Gasteiger partial charge in [-0.2, -0.15) is 0 Å². The molecule has 0 amide bonds.